The molecule has 1 saturated heterocycles. The van der Waals surface area contributed by atoms with Crippen LogP contribution in [-0.2, 0) is 10.8 Å². The molecule has 0 spiro atoms. The van der Waals surface area contributed by atoms with E-state index in [2.05, 4.69) is 147 Å². The average Bonchev–Trinajstić information content (AvgIpc) is 3.39. The summed E-state index contributed by atoms with van der Waals surface area (Å²) in [4.78, 5) is 6.45. The molecule has 0 amide bonds. The third kappa shape index (κ3) is 6.57. The van der Waals surface area contributed by atoms with Crippen LogP contribution in [0.3, 0.4) is 0 Å². The summed E-state index contributed by atoms with van der Waals surface area (Å²) < 4.78 is 1.30. The lowest BCUT2D eigenvalue weighted by Gasteiger charge is -2.33. The lowest BCUT2D eigenvalue weighted by atomic mass is 9.79. The van der Waals surface area contributed by atoms with Gasteiger partial charge in [0, 0.05) is 24.7 Å². The minimum absolute atomic E-state index is 0.0889. The number of benzene rings is 4. The largest absolute Gasteiger partial charge is 0.255 e. The summed E-state index contributed by atoms with van der Waals surface area (Å²) >= 11 is 1.92. The van der Waals surface area contributed by atoms with Crippen molar-refractivity contribution in [2.75, 3.05) is 0 Å². The summed E-state index contributed by atoms with van der Waals surface area (Å²) in [6, 6.07) is 33.3. The third-order valence-electron chi connectivity index (χ3n) is 11.3. The van der Waals surface area contributed by atoms with Gasteiger partial charge in [0.2, 0.25) is 0 Å². The number of nitrogens with zero attached hydrogens (tertiary/aromatic N) is 1. The van der Waals surface area contributed by atoms with Crippen molar-refractivity contribution >= 4 is 40.3 Å². The van der Waals surface area contributed by atoms with Crippen molar-refractivity contribution in [3.05, 3.63) is 113 Å². The molecule has 1 nitrogen and oxygen atoms in total. The second kappa shape index (κ2) is 12.4. The number of pyridine rings is 1. The van der Waals surface area contributed by atoms with Gasteiger partial charge in [-0.15, -0.1) is 11.3 Å². The topological polar surface area (TPSA) is 12.9 Å². The lowest BCUT2D eigenvalue weighted by molar-refractivity contribution is 0.569. The molecule has 1 aliphatic heterocycles. The normalized spacial score (nSPS) is 15.7. The van der Waals surface area contributed by atoms with Crippen LogP contribution in [-0.4, -0.2) is 13.1 Å². The van der Waals surface area contributed by atoms with Gasteiger partial charge < -0.3 is 0 Å². The SMILES string of the molecule is Cc1cc(-c2cc(C(C)(C)C)cc(C(C)(C)C)c2)ccc1-c1sc2c(-c3cc(C4CC[Si](C)(C)CC4)c4ccccc4c3)nccc2c1C. The number of aromatic nitrogens is 1. The Kier molecular flexibility index (Phi) is 8.56. The first-order valence-electron chi connectivity index (χ1n) is 18.3. The number of aryl methyl sites for hydroxylation is 2. The highest BCUT2D eigenvalue weighted by Gasteiger charge is 2.30. The molecule has 7 rings (SSSR count). The van der Waals surface area contributed by atoms with Crippen molar-refractivity contribution < 1.29 is 0 Å². The van der Waals surface area contributed by atoms with Gasteiger partial charge in [-0.05, 0) is 122 Å². The molecule has 0 bridgehead atoms. The maximum atomic E-state index is 5.09. The Bertz CT molecular complexity index is 2160. The Balaban J connectivity index is 1.31. The number of thiophene rings is 1. The first kappa shape index (κ1) is 33.9. The maximum absolute atomic E-state index is 5.09. The van der Waals surface area contributed by atoms with Crippen LogP contribution in [0, 0.1) is 13.8 Å². The zero-order valence-electron chi connectivity index (χ0n) is 31.3. The zero-order chi connectivity index (χ0) is 34.9. The van der Waals surface area contributed by atoms with Gasteiger partial charge in [-0.3, -0.25) is 4.98 Å². The van der Waals surface area contributed by atoms with Crippen LogP contribution in [0.15, 0.2) is 85.1 Å². The molecule has 0 unspecified atom stereocenters. The highest BCUT2D eigenvalue weighted by atomic mass is 32.1. The number of fused-ring (bicyclic) bond motifs is 2. The molecule has 3 heteroatoms. The molecule has 2 aromatic heterocycles. The molecular weight excluding hydrogens is 627 g/mol. The van der Waals surface area contributed by atoms with E-state index in [1.54, 1.807) is 0 Å². The van der Waals surface area contributed by atoms with Crippen molar-refractivity contribution in [1.82, 2.24) is 4.98 Å². The second-order valence-corrected chi connectivity index (χ2v) is 24.0. The predicted molar refractivity (Wildman–Crippen MR) is 219 cm³/mol. The molecule has 1 fully saturated rings. The Hall–Kier alpha value is -3.53. The average molecular weight is 680 g/mol. The summed E-state index contributed by atoms with van der Waals surface area (Å²) in [5.74, 6) is 0.634. The molecule has 4 aromatic carbocycles. The first-order valence-corrected chi connectivity index (χ1v) is 22.5. The van der Waals surface area contributed by atoms with Gasteiger partial charge in [-0.1, -0.05) is 127 Å². The summed E-state index contributed by atoms with van der Waals surface area (Å²) in [7, 11) is -1.04. The minimum atomic E-state index is -1.04. The Labute approximate surface area is 299 Å². The molecule has 1 aliphatic rings. The van der Waals surface area contributed by atoms with E-state index in [9.17, 15) is 0 Å². The molecule has 0 saturated carbocycles. The highest BCUT2D eigenvalue weighted by Crippen LogP contribution is 2.46. The summed E-state index contributed by atoms with van der Waals surface area (Å²) in [5, 5.41) is 4.08. The van der Waals surface area contributed by atoms with E-state index in [0.29, 0.717) is 5.92 Å². The number of rotatable bonds is 4. The Morgan fingerprint density at radius 1 is 0.694 bits per heavy atom. The van der Waals surface area contributed by atoms with Crippen molar-refractivity contribution in [2.45, 2.75) is 110 Å². The van der Waals surface area contributed by atoms with Gasteiger partial charge in [0.15, 0.2) is 0 Å². The molecule has 0 N–H and O–H groups in total. The van der Waals surface area contributed by atoms with Crippen LogP contribution in [0.1, 0.15) is 88.1 Å². The van der Waals surface area contributed by atoms with Crippen LogP contribution < -0.4 is 0 Å². The second-order valence-electron chi connectivity index (χ2n) is 17.6. The molecular formula is C46H53NSSi. The highest BCUT2D eigenvalue weighted by molar-refractivity contribution is 7.23. The van der Waals surface area contributed by atoms with Gasteiger partial charge in [0.25, 0.3) is 0 Å². The molecule has 3 heterocycles. The third-order valence-corrected chi connectivity index (χ3v) is 15.9. The van der Waals surface area contributed by atoms with Gasteiger partial charge >= 0.3 is 0 Å². The van der Waals surface area contributed by atoms with E-state index >= 15 is 0 Å². The standard InChI is InChI=1S/C46H53NSSi/c1-29-23-32(34-25-36(45(3,4)5)28-37(26-34)46(6,7)8)15-16-38(29)43-30(2)39-17-20-47-42(44(39)48-43)35-24-33-13-11-12-14-40(33)41(27-35)31-18-21-49(9,10)22-19-31/h11-17,20,23-28,31H,18-19,21-22H2,1-10H3. The fraction of sp³-hybridized carbons (Fsp3) is 0.370. The monoisotopic (exact) mass is 679 g/mol. The van der Waals surface area contributed by atoms with Crippen molar-refractivity contribution in [3.8, 4) is 32.8 Å². The zero-order valence-corrected chi connectivity index (χ0v) is 33.2. The lowest BCUT2D eigenvalue weighted by Crippen LogP contribution is -2.30. The van der Waals surface area contributed by atoms with E-state index in [1.807, 2.05) is 17.5 Å². The van der Waals surface area contributed by atoms with Crippen molar-refractivity contribution in [2.24, 2.45) is 0 Å². The quantitative estimate of drug-likeness (QED) is 0.169. The van der Waals surface area contributed by atoms with Gasteiger partial charge in [-0.2, -0.15) is 0 Å². The van der Waals surface area contributed by atoms with Crippen LogP contribution >= 0.6 is 11.3 Å². The van der Waals surface area contributed by atoms with Gasteiger partial charge in [0.05, 0.1) is 10.4 Å². The van der Waals surface area contributed by atoms with E-state index in [4.69, 9.17) is 4.98 Å². The smallest absolute Gasteiger partial charge is 0.0880 e. The molecule has 0 aliphatic carbocycles. The summed E-state index contributed by atoms with van der Waals surface area (Å²) in [6.07, 6.45) is 4.66. The van der Waals surface area contributed by atoms with Crippen molar-refractivity contribution in [1.29, 1.82) is 0 Å². The van der Waals surface area contributed by atoms with E-state index in [1.165, 1.54) is 101 Å². The first-order chi connectivity index (χ1) is 23.1. The Morgan fingerprint density at radius 2 is 1.37 bits per heavy atom. The van der Waals surface area contributed by atoms with E-state index in [-0.39, 0.29) is 10.8 Å². The van der Waals surface area contributed by atoms with Crippen LogP contribution in [0.25, 0.3) is 53.7 Å². The predicted octanol–water partition coefficient (Wildman–Crippen LogP) is 14.2. The fourth-order valence-corrected chi connectivity index (χ4v) is 11.8. The summed E-state index contributed by atoms with van der Waals surface area (Å²) in [5.41, 5.74) is 13.5. The minimum Gasteiger partial charge on any atom is -0.255 e. The molecule has 0 atom stereocenters. The molecule has 49 heavy (non-hydrogen) atoms. The van der Waals surface area contributed by atoms with Crippen LogP contribution in [0.2, 0.25) is 25.2 Å². The number of hydrogen-bond donors (Lipinski definition) is 0. The molecule has 0 radical (unpaired) electrons. The molecule has 6 aromatic rings. The van der Waals surface area contributed by atoms with Crippen LogP contribution in [0.5, 0.6) is 0 Å². The summed E-state index contributed by atoms with van der Waals surface area (Å²) in [6.45, 7) is 23.6. The van der Waals surface area contributed by atoms with Gasteiger partial charge in [0.1, 0.15) is 0 Å². The van der Waals surface area contributed by atoms with Crippen LogP contribution in [0.4, 0.5) is 0 Å². The van der Waals surface area contributed by atoms with E-state index < -0.39 is 8.07 Å². The Morgan fingerprint density at radius 3 is 2.02 bits per heavy atom. The molecule has 252 valence electrons. The maximum Gasteiger partial charge on any atom is 0.0880 e. The van der Waals surface area contributed by atoms with Gasteiger partial charge in [-0.25, -0.2) is 0 Å². The fourth-order valence-electron chi connectivity index (χ4n) is 7.89. The van der Waals surface area contributed by atoms with E-state index in [0.717, 1.165) is 5.69 Å². The van der Waals surface area contributed by atoms with Crippen molar-refractivity contribution in [3.63, 3.8) is 0 Å². The number of hydrogen-bond acceptors (Lipinski definition) is 2.